The van der Waals surface area contributed by atoms with Crippen LogP contribution in [0, 0.1) is 0 Å². The molecule has 0 aliphatic carbocycles. The third kappa shape index (κ3) is 6.31. The number of aryl methyl sites for hydroxylation is 1. The monoisotopic (exact) mass is 457 g/mol. The first-order chi connectivity index (χ1) is 15.2. The molecule has 0 aromatic carbocycles. The summed E-state index contributed by atoms with van der Waals surface area (Å²) in [6.45, 7) is 5.36. The van der Waals surface area contributed by atoms with E-state index in [2.05, 4.69) is 24.9 Å². The van der Waals surface area contributed by atoms with Crippen LogP contribution in [0.15, 0.2) is 25.2 Å². The third-order valence-corrected chi connectivity index (χ3v) is 5.16. The molecule has 32 heavy (non-hydrogen) atoms. The second kappa shape index (κ2) is 10.2. The fraction of sp³-hybridized carbons (Fsp3) is 0.600. The SMILES string of the molecule is CCC/C(=N\Oc1nc2oc(=O)cc(CCCC(F)(F)F)c2c(=O)[nH]1)N1CCN(C)CC1. The maximum Gasteiger partial charge on any atom is 0.389 e. The molecule has 1 N–H and O–H groups in total. The van der Waals surface area contributed by atoms with Gasteiger partial charge in [-0.2, -0.15) is 18.2 Å². The van der Waals surface area contributed by atoms with Gasteiger partial charge in [-0.25, -0.2) is 4.79 Å². The molecule has 1 aliphatic rings. The Hall–Kier alpha value is -2.89. The number of H-pyrrole nitrogens is 1. The molecular formula is C20H26F3N5O4. The number of piperazine rings is 1. The number of rotatable bonds is 7. The molecule has 2 aromatic rings. The van der Waals surface area contributed by atoms with Gasteiger partial charge in [0.2, 0.25) is 5.71 Å². The number of aromatic amines is 1. The van der Waals surface area contributed by atoms with E-state index in [1.165, 1.54) is 0 Å². The molecule has 3 heterocycles. The Kier molecular flexibility index (Phi) is 7.54. The number of aromatic nitrogens is 2. The second-order valence-electron chi connectivity index (χ2n) is 7.75. The molecule has 0 saturated carbocycles. The maximum atomic E-state index is 12.6. The molecule has 3 rings (SSSR count). The Bertz CT molecular complexity index is 1070. The number of hydrogen-bond acceptors (Lipinski definition) is 7. The van der Waals surface area contributed by atoms with Gasteiger partial charge in [0.25, 0.3) is 5.56 Å². The molecule has 0 unspecified atom stereocenters. The lowest BCUT2D eigenvalue weighted by Gasteiger charge is -2.34. The van der Waals surface area contributed by atoms with Crippen molar-refractivity contribution < 1.29 is 22.4 Å². The highest BCUT2D eigenvalue weighted by Crippen LogP contribution is 2.23. The van der Waals surface area contributed by atoms with Crippen LogP contribution in [0.4, 0.5) is 13.2 Å². The maximum absolute atomic E-state index is 12.6. The fourth-order valence-corrected chi connectivity index (χ4v) is 3.49. The van der Waals surface area contributed by atoms with Crippen molar-refractivity contribution >= 4 is 16.9 Å². The van der Waals surface area contributed by atoms with Gasteiger partial charge in [0, 0.05) is 45.1 Å². The van der Waals surface area contributed by atoms with Crippen LogP contribution in [0.2, 0.25) is 0 Å². The lowest BCUT2D eigenvalue weighted by Crippen LogP contribution is -2.47. The van der Waals surface area contributed by atoms with Crippen LogP contribution in [0.3, 0.4) is 0 Å². The van der Waals surface area contributed by atoms with Gasteiger partial charge >= 0.3 is 17.8 Å². The molecule has 0 spiro atoms. The van der Waals surface area contributed by atoms with Crippen molar-refractivity contribution in [1.82, 2.24) is 19.8 Å². The molecule has 1 fully saturated rings. The van der Waals surface area contributed by atoms with E-state index in [-0.39, 0.29) is 35.5 Å². The number of oxime groups is 1. The van der Waals surface area contributed by atoms with Crippen LogP contribution in [0.25, 0.3) is 11.1 Å². The van der Waals surface area contributed by atoms with Crippen molar-refractivity contribution in [2.75, 3.05) is 33.2 Å². The third-order valence-electron chi connectivity index (χ3n) is 5.16. The average molecular weight is 457 g/mol. The summed E-state index contributed by atoms with van der Waals surface area (Å²) < 4.78 is 42.3. The summed E-state index contributed by atoms with van der Waals surface area (Å²) in [6, 6.07) is 0.752. The lowest BCUT2D eigenvalue weighted by molar-refractivity contribution is -0.135. The first kappa shape index (κ1) is 23.8. The summed E-state index contributed by atoms with van der Waals surface area (Å²) in [5, 5.41) is 4.08. The van der Waals surface area contributed by atoms with Gasteiger partial charge in [-0.1, -0.05) is 12.1 Å². The van der Waals surface area contributed by atoms with E-state index in [9.17, 15) is 22.8 Å². The molecule has 0 amide bonds. The molecule has 1 aliphatic heterocycles. The molecule has 2 aromatic heterocycles. The highest BCUT2D eigenvalue weighted by molar-refractivity contribution is 5.82. The van der Waals surface area contributed by atoms with E-state index in [0.717, 1.165) is 38.7 Å². The number of likely N-dealkylation sites (N-methyl/N-ethyl adjacent to an activating group) is 1. The molecule has 0 radical (unpaired) electrons. The molecule has 0 atom stereocenters. The minimum atomic E-state index is -4.32. The Morgan fingerprint density at radius 1 is 1.28 bits per heavy atom. The zero-order chi connectivity index (χ0) is 23.3. The number of nitrogens with zero attached hydrogens (tertiary/aromatic N) is 4. The lowest BCUT2D eigenvalue weighted by atomic mass is 10.1. The van der Waals surface area contributed by atoms with Gasteiger partial charge in [0.05, 0.1) is 0 Å². The average Bonchev–Trinajstić information content (AvgIpc) is 2.70. The van der Waals surface area contributed by atoms with Crippen molar-refractivity contribution in [2.24, 2.45) is 5.16 Å². The number of nitrogens with one attached hydrogen (secondary N) is 1. The van der Waals surface area contributed by atoms with Gasteiger partial charge in [-0.15, -0.1) is 0 Å². The zero-order valence-corrected chi connectivity index (χ0v) is 18.0. The fourth-order valence-electron chi connectivity index (χ4n) is 3.49. The minimum absolute atomic E-state index is 0.0732. The summed E-state index contributed by atoms with van der Waals surface area (Å²) in [4.78, 5) is 40.5. The van der Waals surface area contributed by atoms with Crippen molar-refractivity contribution in [3.63, 3.8) is 0 Å². The highest BCUT2D eigenvalue weighted by Gasteiger charge is 2.26. The topological polar surface area (TPSA) is 104 Å². The molecule has 0 bridgehead atoms. The van der Waals surface area contributed by atoms with Gasteiger partial charge in [-0.05, 0) is 31.9 Å². The normalized spacial score (nSPS) is 16.0. The molecule has 1 saturated heterocycles. The number of halogens is 3. The van der Waals surface area contributed by atoms with Crippen molar-refractivity contribution in [3.05, 3.63) is 32.4 Å². The predicted octanol–water partition coefficient (Wildman–Crippen LogP) is 2.50. The summed E-state index contributed by atoms with van der Waals surface area (Å²) in [7, 11) is 2.04. The Morgan fingerprint density at radius 2 is 2.00 bits per heavy atom. The van der Waals surface area contributed by atoms with Gasteiger partial charge < -0.3 is 19.1 Å². The molecule has 176 valence electrons. The van der Waals surface area contributed by atoms with Crippen molar-refractivity contribution in [3.8, 4) is 6.01 Å². The van der Waals surface area contributed by atoms with E-state index in [1.807, 2.05) is 14.0 Å². The summed E-state index contributed by atoms with van der Waals surface area (Å²) in [6.07, 6.45) is -4.22. The number of alkyl halides is 3. The number of amidine groups is 1. The van der Waals surface area contributed by atoms with Gasteiger partial charge in [-0.3, -0.25) is 9.78 Å². The molecule has 9 nitrogen and oxygen atoms in total. The van der Waals surface area contributed by atoms with Crippen LogP contribution in [0.5, 0.6) is 6.01 Å². The smallest absolute Gasteiger partial charge is 0.389 e. The van der Waals surface area contributed by atoms with Gasteiger partial charge in [0.1, 0.15) is 11.2 Å². The molecular weight excluding hydrogens is 431 g/mol. The van der Waals surface area contributed by atoms with Crippen LogP contribution in [-0.2, 0) is 6.42 Å². The summed E-state index contributed by atoms with van der Waals surface area (Å²) in [5.74, 6) is 0.714. The van der Waals surface area contributed by atoms with Gasteiger partial charge in [0.15, 0.2) is 0 Å². The van der Waals surface area contributed by atoms with E-state index >= 15 is 0 Å². The quantitative estimate of drug-likeness (QED) is 0.387. The predicted molar refractivity (Wildman–Crippen MR) is 112 cm³/mol. The largest absolute Gasteiger partial charge is 0.403 e. The van der Waals surface area contributed by atoms with Crippen LogP contribution < -0.4 is 16.0 Å². The van der Waals surface area contributed by atoms with Crippen LogP contribution in [0.1, 0.15) is 38.2 Å². The van der Waals surface area contributed by atoms with Crippen molar-refractivity contribution in [1.29, 1.82) is 0 Å². The summed E-state index contributed by atoms with van der Waals surface area (Å²) >= 11 is 0. The molecule has 12 heteroatoms. The van der Waals surface area contributed by atoms with E-state index in [0.29, 0.717) is 12.3 Å². The zero-order valence-electron chi connectivity index (χ0n) is 18.0. The Morgan fingerprint density at radius 3 is 2.66 bits per heavy atom. The summed E-state index contributed by atoms with van der Waals surface area (Å²) in [5.41, 5.74) is -1.64. The Balaban J connectivity index is 1.84. The van der Waals surface area contributed by atoms with E-state index in [4.69, 9.17) is 9.25 Å². The second-order valence-corrected chi connectivity index (χ2v) is 7.75. The first-order valence-electron chi connectivity index (χ1n) is 10.5. The number of hydrogen-bond donors (Lipinski definition) is 1. The van der Waals surface area contributed by atoms with E-state index in [1.54, 1.807) is 0 Å². The van der Waals surface area contributed by atoms with E-state index < -0.39 is 23.8 Å². The number of fused-ring (bicyclic) bond motifs is 1. The van der Waals surface area contributed by atoms with Crippen LogP contribution in [-0.4, -0.2) is 65.0 Å². The highest BCUT2D eigenvalue weighted by atomic mass is 19.4. The first-order valence-corrected chi connectivity index (χ1v) is 10.5. The van der Waals surface area contributed by atoms with Crippen LogP contribution >= 0.6 is 0 Å². The van der Waals surface area contributed by atoms with Crippen molar-refractivity contribution in [2.45, 2.75) is 45.2 Å². The Labute approximate surface area is 181 Å². The minimum Gasteiger partial charge on any atom is -0.403 e. The standard InChI is InChI=1S/C20H26F3N5O4/c1-3-5-14(28-10-8-27(2)9-11-28)26-32-19-24-17(30)16-13(6-4-7-20(21,22)23)12-15(29)31-18(16)25-19/h12H,3-11H2,1-2H3,(H,24,25,30)/b26-14+.